The third-order valence-corrected chi connectivity index (χ3v) is 3.16. The van der Waals surface area contributed by atoms with Gasteiger partial charge in [-0.3, -0.25) is 0 Å². The Morgan fingerprint density at radius 3 is 2.58 bits per heavy atom. The number of nitrogens with one attached hydrogen (secondary N) is 1. The van der Waals surface area contributed by atoms with Crippen molar-refractivity contribution in [2.45, 2.75) is 6.92 Å². The first-order valence-corrected chi connectivity index (χ1v) is 6.29. The van der Waals surface area contributed by atoms with Crippen molar-refractivity contribution in [3.8, 4) is 5.75 Å². The highest BCUT2D eigenvalue weighted by molar-refractivity contribution is 6.31. The molecule has 1 aromatic carbocycles. The Bertz CT molecular complexity index is 597. The van der Waals surface area contributed by atoms with Gasteiger partial charge < -0.3 is 15.8 Å². The molecule has 1 heterocycles. The predicted molar refractivity (Wildman–Crippen MR) is 79.7 cm³/mol. The minimum Gasteiger partial charge on any atom is -0.495 e. The lowest BCUT2D eigenvalue weighted by molar-refractivity contribution is 0.416. The summed E-state index contributed by atoms with van der Waals surface area (Å²) in [5.41, 5.74) is 7.93. The fraction of sp³-hybridized carbons (Fsp3) is 0.154. The van der Waals surface area contributed by atoms with Gasteiger partial charge >= 0.3 is 0 Å². The van der Waals surface area contributed by atoms with E-state index in [1.807, 2.05) is 13.0 Å². The van der Waals surface area contributed by atoms with Gasteiger partial charge in [0, 0.05) is 22.8 Å². The van der Waals surface area contributed by atoms with Crippen LogP contribution in [0, 0.1) is 6.92 Å². The maximum Gasteiger partial charge on any atom is 0.143 e. The Labute approximate surface area is 121 Å². The van der Waals surface area contributed by atoms with Gasteiger partial charge in [-0.1, -0.05) is 23.2 Å². The van der Waals surface area contributed by atoms with Crippen LogP contribution in [0.25, 0.3) is 0 Å². The van der Waals surface area contributed by atoms with E-state index in [1.54, 1.807) is 25.3 Å². The highest BCUT2D eigenvalue weighted by Gasteiger charge is 2.08. The van der Waals surface area contributed by atoms with Crippen LogP contribution in [0.1, 0.15) is 5.56 Å². The standard InChI is InChI=1S/C13H13Cl2N3O/c1-7-3-10(11(19-2)6-9(7)14)17-13-5-8(16)4-12(15)18-13/h3-6H,1-2H3,(H3,16,17,18). The van der Waals surface area contributed by atoms with E-state index in [4.69, 9.17) is 33.7 Å². The molecule has 100 valence electrons. The molecule has 0 bridgehead atoms. The van der Waals surface area contributed by atoms with Gasteiger partial charge in [-0.25, -0.2) is 4.98 Å². The molecule has 6 heteroatoms. The van der Waals surface area contributed by atoms with Crippen LogP contribution in [-0.2, 0) is 0 Å². The fourth-order valence-corrected chi connectivity index (χ4v) is 2.02. The number of methoxy groups -OCH3 is 1. The van der Waals surface area contributed by atoms with E-state index in [9.17, 15) is 0 Å². The molecule has 2 rings (SSSR count). The first-order chi connectivity index (χ1) is 8.99. The second-order valence-electron chi connectivity index (χ2n) is 4.04. The Morgan fingerprint density at radius 2 is 1.95 bits per heavy atom. The fourth-order valence-electron chi connectivity index (χ4n) is 1.65. The number of aromatic nitrogens is 1. The molecule has 4 nitrogen and oxygen atoms in total. The van der Waals surface area contributed by atoms with Gasteiger partial charge in [0.15, 0.2) is 0 Å². The first kappa shape index (κ1) is 13.8. The van der Waals surface area contributed by atoms with E-state index in [0.29, 0.717) is 27.4 Å². The molecular formula is C13H13Cl2N3O. The van der Waals surface area contributed by atoms with Crippen LogP contribution in [-0.4, -0.2) is 12.1 Å². The van der Waals surface area contributed by atoms with Crippen molar-refractivity contribution in [3.63, 3.8) is 0 Å². The Kier molecular flexibility index (Phi) is 4.02. The highest BCUT2D eigenvalue weighted by atomic mass is 35.5. The zero-order valence-corrected chi connectivity index (χ0v) is 12.0. The van der Waals surface area contributed by atoms with E-state index >= 15 is 0 Å². The van der Waals surface area contributed by atoms with Crippen molar-refractivity contribution >= 4 is 40.4 Å². The average Bonchev–Trinajstić information content (AvgIpc) is 2.32. The SMILES string of the molecule is COc1cc(Cl)c(C)cc1Nc1cc(N)cc(Cl)n1. The van der Waals surface area contributed by atoms with Gasteiger partial charge in [0.25, 0.3) is 0 Å². The zero-order valence-electron chi connectivity index (χ0n) is 10.5. The lowest BCUT2D eigenvalue weighted by Crippen LogP contribution is -1.99. The maximum atomic E-state index is 6.05. The van der Waals surface area contributed by atoms with Crippen molar-refractivity contribution in [1.29, 1.82) is 0 Å². The number of pyridine rings is 1. The van der Waals surface area contributed by atoms with Crippen LogP contribution in [0.5, 0.6) is 5.75 Å². The van der Waals surface area contributed by atoms with E-state index in [1.165, 1.54) is 0 Å². The molecular weight excluding hydrogens is 285 g/mol. The van der Waals surface area contributed by atoms with Crippen molar-refractivity contribution in [2.75, 3.05) is 18.2 Å². The molecule has 0 fully saturated rings. The third kappa shape index (κ3) is 3.22. The number of aryl methyl sites for hydroxylation is 1. The van der Waals surface area contributed by atoms with Gasteiger partial charge in [-0.2, -0.15) is 0 Å². The Morgan fingerprint density at radius 1 is 1.21 bits per heavy atom. The molecule has 0 aliphatic carbocycles. The summed E-state index contributed by atoms with van der Waals surface area (Å²) in [7, 11) is 1.58. The summed E-state index contributed by atoms with van der Waals surface area (Å²) in [5, 5.41) is 4.08. The molecule has 0 radical (unpaired) electrons. The molecule has 0 aliphatic rings. The molecule has 0 saturated carbocycles. The van der Waals surface area contributed by atoms with E-state index in [2.05, 4.69) is 10.3 Å². The van der Waals surface area contributed by atoms with E-state index in [-0.39, 0.29) is 0 Å². The average molecular weight is 298 g/mol. The number of benzene rings is 1. The van der Waals surface area contributed by atoms with Crippen molar-refractivity contribution in [3.05, 3.63) is 40.0 Å². The van der Waals surface area contributed by atoms with Gasteiger partial charge in [-0.15, -0.1) is 0 Å². The number of anilines is 3. The molecule has 0 atom stereocenters. The van der Waals surface area contributed by atoms with Gasteiger partial charge in [0.05, 0.1) is 12.8 Å². The predicted octanol–water partition coefficient (Wildman–Crippen LogP) is 4.03. The number of nitrogen functional groups attached to an aromatic ring is 1. The molecule has 3 N–H and O–H groups in total. The van der Waals surface area contributed by atoms with Crippen LogP contribution in [0.4, 0.5) is 17.2 Å². The normalized spacial score (nSPS) is 10.3. The van der Waals surface area contributed by atoms with Crippen LogP contribution < -0.4 is 15.8 Å². The molecule has 0 amide bonds. The largest absolute Gasteiger partial charge is 0.495 e. The number of halogens is 2. The van der Waals surface area contributed by atoms with Gasteiger partial charge in [-0.05, 0) is 24.6 Å². The summed E-state index contributed by atoms with van der Waals surface area (Å²) in [6.45, 7) is 1.91. The van der Waals surface area contributed by atoms with E-state index in [0.717, 1.165) is 11.3 Å². The smallest absolute Gasteiger partial charge is 0.143 e. The molecule has 0 spiro atoms. The van der Waals surface area contributed by atoms with Gasteiger partial charge in [0.2, 0.25) is 0 Å². The number of hydrogen-bond donors (Lipinski definition) is 2. The molecule has 0 unspecified atom stereocenters. The highest BCUT2D eigenvalue weighted by Crippen LogP contribution is 2.33. The summed E-state index contributed by atoms with van der Waals surface area (Å²) in [5.74, 6) is 1.17. The molecule has 0 aliphatic heterocycles. The molecule has 2 aromatic rings. The maximum absolute atomic E-state index is 6.05. The summed E-state index contributed by atoms with van der Waals surface area (Å²) >= 11 is 11.9. The molecule has 19 heavy (non-hydrogen) atoms. The summed E-state index contributed by atoms with van der Waals surface area (Å²) < 4.78 is 5.27. The Hall–Kier alpha value is -1.65. The van der Waals surface area contributed by atoms with Crippen LogP contribution in [0.3, 0.4) is 0 Å². The van der Waals surface area contributed by atoms with Crippen molar-refractivity contribution in [1.82, 2.24) is 4.98 Å². The molecule has 0 saturated heterocycles. The quantitative estimate of drug-likeness (QED) is 0.840. The number of hydrogen-bond acceptors (Lipinski definition) is 4. The number of nitrogens with zero attached hydrogens (tertiary/aromatic N) is 1. The van der Waals surface area contributed by atoms with Crippen LogP contribution in [0.15, 0.2) is 24.3 Å². The third-order valence-electron chi connectivity index (χ3n) is 2.56. The molecule has 1 aromatic heterocycles. The zero-order chi connectivity index (χ0) is 14.0. The summed E-state index contributed by atoms with van der Waals surface area (Å²) in [6, 6.07) is 6.89. The van der Waals surface area contributed by atoms with Crippen LogP contribution >= 0.6 is 23.2 Å². The second-order valence-corrected chi connectivity index (χ2v) is 4.83. The number of ether oxygens (including phenoxy) is 1. The summed E-state index contributed by atoms with van der Waals surface area (Å²) in [6.07, 6.45) is 0. The lowest BCUT2D eigenvalue weighted by Gasteiger charge is -2.13. The van der Waals surface area contributed by atoms with E-state index < -0.39 is 0 Å². The Balaban J connectivity index is 2.39. The number of rotatable bonds is 3. The van der Waals surface area contributed by atoms with Gasteiger partial charge in [0.1, 0.15) is 16.7 Å². The van der Waals surface area contributed by atoms with Crippen molar-refractivity contribution in [2.24, 2.45) is 0 Å². The monoisotopic (exact) mass is 297 g/mol. The topological polar surface area (TPSA) is 60.2 Å². The lowest BCUT2D eigenvalue weighted by atomic mass is 10.2. The minimum absolute atomic E-state index is 0.326. The number of nitrogens with two attached hydrogens (primary N) is 1. The van der Waals surface area contributed by atoms with Crippen LogP contribution in [0.2, 0.25) is 10.2 Å². The summed E-state index contributed by atoms with van der Waals surface area (Å²) in [4.78, 5) is 4.14. The minimum atomic E-state index is 0.326. The second kappa shape index (κ2) is 5.55. The van der Waals surface area contributed by atoms with Crippen molar-refractivity contribution < 1.29 is 4.74 Å². The first-order valence-electron chi connectivity index (χ1n) is 5.54.